The summed E-state index contributed by atoms with van der Waals surface area (Å²) in [4.78, 5) is 0. The summed E-state index contributed by atoms with van der Waals surface area (Å²) in [6, 6.07) is 8.08. The van der Waals surface area contributed by atoms with Crippen LogP contribution >= 0.6 is 11.6 Å². The van der Waals surface area contributed by atoms with Crippen LogP contribution in [0.15, 0.2) is 30.5 Å². The van der Waals surface area contributed by atoms with Gasteiger partial charge in [-0.05, 0) is 31.5 Å². The molecule has 16 heavy (non-hydrogen) atoms. The molecule has 3 nitrogen and oxygen atoms in total. The zero-order chi connectivity index (χ0) is 11.5. The maximum Gasteiger partial charge on any atom is 0.0819 e. The zero-order valence-electron chi connectivity index (χ0n) is 9.15. The molecule has 4 heteroatoms. The van der Waals surface area contributed by atoms with E-state index in [1.165, 1.54) is 5.56 Å². The second-order valence-electron chi connectivity index (χ2n) is 3.67. The van der Waals surface area contributed by atoms with E-state index in [1.54, 1.807) is 0 Å². The van der Waals surface area contributed by atoms with Crippen LogP contribution in [0, 0.1) is 6.92 Å². The summed E-state index contributed by atoms with van der Waals surface area (Å²) >= 11 is 6.00. The molecule has 0 unspecified atom stereocenters. The van der Waals surface area contributed by atoms with Crippen molar-refractivity contribution in [1.29, 1.82) is 0 Å². The molecule has 1 heterocycles. The van der Waals surface area contributed by atoms with Crippen molar-refractivity contribution in [3.05, 3.63) is 46.7 Å². The first-order valence-corrected chi connectivity index (χ1v) is 5.60. The standard InChI is InChI=1S/C12H14ClN3/c1-9-11(13)8-16(15-9)12-5-3-2-4-10(12)6-7-14/h2-5,8H,6-7,14H2,1H3. The molecule has 0 aliphatic rings. The van der Waals surface area contributed by atoms with Gasteiger partial charge in [0.25, 0.3) is 0 Å². The van der Waals surface area contributed by atoms with Gasteiger partial charge in [-0.1, -0.05) is 29.8 Å². The highest BCUT2D eigenvalue weighted by molar-refractivity contribution is 6.31. The Hall–Kier alpha value is -1.32. The van der Waals surface area contributed by atoms with E-state index in [0.29, 0.717) is 11.6 Å². The molecule has 0 saturated heterocycles. The molecule has 0 radical (unpaired) electrons. The largest absolute Gasteiger partial charge is 0.330 e. The first-order chi connectivity index (χ1) is 7.72. The monoisotopic (exact) mass is 235 g/mol. The van der Waals surface area contributed by atoms with Gasteiger partial charge in [-0.25, -0.2) is 4.68 Å². The lowest BCUT2D eigenvalue weighted by atomic mass is 10.1. The Bertz CT molecular complexity index is 471. The van der Waals surface area contributed by atoms with Crippen LogP contribution in [0.5, 0.6) is 0 Å². The van der Waals surface area contributed by atoms with Crippen LogP contribution in [0.3, 0.4) is 0 Å². The van der Waals surface area contributed by atoms with Crippen molar-refractivity contribution >= 4 is 11.6 Å². The number of rotatable bonds is 3. The summed E-state index contributed by atoms with van der Waals surface area (Å²) in [5, 5.41) is 5.05. The molecular formula is C12H14ClN3. The normalized spacial score (nSPS) is 10.7. The van der Waals surface area contributed by atoms with Crippen LogP contribution in [0.1, 0.15) is 11.3 Å². The topological polar surface area (TPSA) is 43.8 Å². The minimum atomic E-state index is 0.630. The number of benzene rings is 1. The minimum Gasteiger partial charge on any atom is -0.330 e. The molecule has 0 fully saturated rings. The van der Waals surface area contributed by atoms with E-state index in [1.807, 2.05) is 36.0 Å². The van der Waals surface area contributed by atoms with Crippen LogP contribution in [-0.2, 0) is 6.42 Å². The number of hydrogen-bond donors (Lipinski definition) is 1. The maximum atomic E-state index is 6.00. The Morgan fingerprint density at radius 2 is 2.12 bits per heavy atom. The Kier molecular flexibility index (Phi) is 3.27. The van der Waals surface area contributed by atoms with Crippen molar-refractivity contribution in [3.8, 4) is 5.69 Å². The molecule has 0 atom stereocenters. The van der Waals surface area contributed by atoms with Gasteiger partial charge in [-0.2, -0.15) is 5.10 Å². The lowest BCUT2D eigenvalue weighted by Gasteiger charge is -2.07. The lowest BCUT2D eigenvalue weighted by molar-refractivity contribution is 0.838. The van der Waals surface area contributed by atoms with E-state index in [2.05, 4.69) is 11.2 Å². The van der Waals surface area contributed by atoms with E-state index in [9.17, 15) is 0 Å². The van der Waals surface area contributed by atoms with Gasteiger partial charge in [0, 0.05) is 6.20 Å². The summed E-state index contributed by atoms with van der Waals surface area (Å²) in [5.41, 5.74) is 8.65. The average molecular weight is 236 g/mol. The van der Waals surface area contributed by atoms with Crippen LogP contribution in [0.25, 0.3) is 5.69 Å². The Balaban J connectivity index is 2.46. The highest BCUT2D eigenvalue weighted by Gasteiger charge is 2.07. The maximum absolute atomic E-state index is 6.00. The van der Waals surface area contributed by atoms with Gasteiger partial charge in [0.05, 0.1) is 16.4 Å². The van der Waals surface area contributed by atoms with Crippen LogP contribution in [-0.4, -0.2) is 16.3 Å². The van der Waals surface area contributed by atoms with Gasteiger partial charge in [0.15, 0.2) is 0 Å². The quantitative estimate of drug-likeness (QED) is 0.888. The predicted molar refractivity (Wildman–Crippen MR) is 66.1 cm³/mol. The molecule has 0 aliphatic carbocycles. The molecule has 1 aromatic carbocycles. The minimum absolute atomic E-state index is 0.630. The molecule has 0 saturated carbocycles. The number of nitrogens with zero attached hydrogens (tertiary/aromatic N) is 2. The summed E-state index contributed by atoms with van der Waals surface area (Å²) in [5.74, 6) is 0. The first kappa shape index (κ1) is 11.2. The third-order valence-corrected chi connectivity index (χ3v) is 2.86. The van der Waals surface area contributed by atoms with Gasteiger partial charge >= 0.3 is 0 Å². The zero-order valence-corrected chi connectivity index (χ0v) is 9.91. The lowest BCUT2D eigenvalue weighted by Crippen LogP contribution is -2.07. The summed E-state index contributed by atoms with van der Waals surface area (Å²) in [7, 11) is 0. The van der Waals surface area contributed by atoms with Gasteiger partial charge in [-0.3, -0.25) is 0 Å². The highest BCUT2D eigenvalue weighted by Crippen LogP contribution is 2.19. The van der Waals surface area contributed by atoms with Gasteiger partial charge in [0.2, 0.25) is 0 Å². The van der Waals surface area contributed by atoms with Crippen LogP contribution in [0.2, 0.25) is 5.02 Å². The second kappa shape index (κ2) is 4.68. The predicted octanol–water partition coefficient (Wildman–Crippen LogP) is 2.34. The first-order valence-electron chi connectivity index (χ1n) is 5.22. The Morgan fingerprint density at radius 1 is 1.38 bits per heavy atom. The third-order valence-electron chi connectivity index (χ3n) is 2.49. The number of para-hydroxylation sites is 1. The van der Waals surface area contributed by atoms with E-state index in [4.69, 9.17) is 17.3 Å². The molecule has 0 spiro atoms. The van der Waals surface area contributed by atoms with Crippen LogP contribution in [0.4, 0.5) is 0 Å². The van der Waals surface area contributed by atoms with E-state index >= 15 is 0 Å². The van der Waals surface area contributed by atoms with Gasteiger partial charge < -0.3 is 5.73 Å². The fourth-order valence-electron chi connectivity index (χ4n) is 1.66. The molecule has 0 aliphatic heterocycles. The van der Waals surface area contributed by atoms with Crippen molar-refractivity contribution in [1.82, 2.24) is 9.78 Å². The molecule has 0 amide bonds. The van der Waals surface area contributed by atoms with Crippen molar-refractivity contribution in [2.45, 2.75) is 13.3 Å². The van der Waals surface area contributed by atoms with E-state index in [0.717, 1.165) is 17.8 Å². The van der Waals surface area contributed by atoms with Crippen LogP contribution < -0.4 is 5.73 Å². The number of aromatic nitrogens is 2. The molecule has 2 aromatic rings. The van der Waals surface area contributed by atoms with E-state index < -0.39 is 0 Å². The fourth-order valence-corrected chi connectivity index (χ4v) is 1.79. The van der Waals surface area contributed by atoms with Crippen molar-refractivity contribution < 1.29 is 0 Å². The third kappa shape index (κ3) is 2.10. The molecular weight excluding hydrogens is 222 g/mol. The Morgan fingerprint density at radius 3 is 2.75 bits per heavy atom. The molecule has 2 rings (SSSR count). The average Bonchev–Trinajstić information content (AvgIpc) is 2.60. The van der Waals surface area contributed by atoms with Crippen molar-refractivity contribution in [3.63, 3.8) is 0 Å². The highest BCUT2D eigenvalue weighted by atomic mass is 35.5. The summed E-state index contributed by atoms with van der Waals surface area (Å²) in [6.45, 7) is 2.52. The number of nitrogens with two attached hydrogens (primary N) is 1. The van der Waals surface area contributed by atoms with Crippen molar-refractivity contribution in [2.75, 3.05) is 6.54 Å². The smallest absolute Gasteiger partial charge is 0.0819 e. The summed E-state index contributed by atoms with van der Waals surface area (Å²) in [6.07, 6.45) is 2.67. The number of aryl methyl sites for hydroxylation is 1. The number of hydrogen-bond acceptors (Lipinski definition) is 2. The molecule has 1 aromatic heterocycles. The Labute approximate surface area is 99.8 Å². The number of halogens is 1. The fraction of sp³-hybridized carbons (Fsp3) is 0.250. The van der Waals surface area contributed by atoms with Gasteiger partial charge in [-0.15, -0.1) is 0 Å². The second-order valence-corrected chi connectivity index (χ2v) is 4.08. The molecule has 84 valence electrons. The molecule has 0 bridgehead atoms. The van der Waals surface area contributed by atoms with Gasteiger partial charge in [0.1, 0.15) is 0 Å². The SMILES string of the molecule is Cc1nn(-c2ccccc2CCN)cc1Cl. The molecule has 2 N–H and O–H groups in total. The van der Waals surface area contributed by atoms with E-state index in [-0.39, 0.29) is 0 Å². The summed E-state index contributed by atoms with van der Waals surface area (Å²) < 4.78 is 1.81. The van der Waals surface area contributed by atoms with Crippen molar-refractivity contribution in [2.24, 2.45) is 5.73 Å².